The minimum atomic E-state index is 0.0421. The molecule has 2 aromatic rings. The van der Waals surface area contributed by atoms with Gasteiger partial charge in [-0.05, 0) is 31.2 Å². The highest BCUT2D eigenvalue weighted by molar-refractivity contribution is 7.99. The summed E-state index contributed by atoms with van der Waals surface area (Å²) in [5.41, 5.74) is 0. The van der Waals surface area contributed by atoms with E-state index in [-0.39, 0.29) is 5.91 Å². The third-order valence-electron chi connectivity index (χ3n) is 3.02. The van der Waals surface area contributed by atoms with Gasteiger partial charge >= 0.3 is 0 Å². The first kappa shape index (κ1) is 13.6. The van der Waals surface area contributed by atoms with E-state index in [0.29, 0.717) is 18.3 Å². The Morgan fingerprint density at radius 1 is 1.55 bits per heavy atom. The number of rotatable bonds is 6. The molecule has 1 N–H and O–H groups in total. The van der Waals surface area contributed by atoms with Crippen molar-refractivity contribution in [1.29, 1.82) is 0 Å². The molecule has 0 atom stereocenters. The molecule has 1 aliphatic rings. The normalized spacial score (nSPS) is 14.4. The summed E-state index contributed by atoms with van der Waals surface area (Å²) in [5, 5.41) is 14.3. The third kappa shape index (κ3) is 2.88. The molecule has 1 saturated carbocycles. The molecule has 0 aromatic carbocycles. The van der Waals surface area contributed by atoms with Crippen LogP contribution >= 0.6 is 23.1 Å². The molecule has 106 valence electrons. The van der Waals surface area contributed by atoms with Gasteiger partial charge in [0, 0.05) is 12.6 Å². The summed E-state index contributed by atoms with van der Waals surface area (Å²) in [6, 6.07) is 4.58. The lowest BCUT2D eigenvalue weighted by Crippen LogP contribution is -2.24. The Bertz CT molecular complexity index is 590. The fraction of sp³-hybridized carbons (Fsp3) is 0.462. The largest absolute Gasteiger partial charge is 0.356 e. The summed E-state index contributed by atoms with van der Waals surface area (Å²) in [7, 11) is 0. The summed E-state index contributed by atoms with van der Waals surface area (Å²) >= 11 is 3.13. The molecule has 20 heavy (non-hydrogen) atoms. The zero-order chi connectivity index (χ0) is 13.9. The smallest absolute Gasteiger partial charge is 0.230 e. The van der Waals surface area contributed by atoms with E-state index < -0.39 is 0 Å². The number of carbonyl (C=O) groups excluding carboxylic acids is 1. The van der Waals surface area contributed by atoms with Gasteiger partial charge in [-0.3, -0.25) is 9.36 Å². The van der Waals surface area contributed by atoms with Gasteiger partial charge in [-0.15, -0.1) is 21.5 Å². The van der Waals surface area contributed by atoms with E-state index >= 15 is 0 Å². The molecule has 0 spiro atoms. The van der Waals surface area contributed by atoms with Crippen LogP contribution in [0.1, 0.15) is 25.8 Å². The summed E-state index contributed by atoms with van der Waals surface area (Å²) < 4.78 is 2.19. The van der Waals surface area contributed by atoms with E-state index in [9.17, 15) is 4.79 Å². The average molecular weight is 308 g/mol. The van der Waals surface area contributed by atoms with Crippen molar-refractivity contribution in [3.05, 3.63) is 17.5 Å². The van der Waals surface area contributed by atoms with Gasteiger partial charge in [0.1, 0.15) is 0 Å². The highest BCUT2D eigenvalue weighted by Gasteiger charge is 2.30. The highest BCUT2D eigenvalue weighted by Crippen LogP contribution is 2.41. The molecule has 0 aliphatic heterocycles. The summed E-state index contributed by atoms with van der Waals surface area (Å²) in [5.74, 6) is 1.37. The highest BCUT2D eigenvalue weighted by atomic mass is 32.2. The monoisotopic (exact) mass is 308 g/mol. The van der Waals surface area contributed by atoms with E-state index in [1.54, 1.807) is 11.3 Å². The summed E-state index contributed by atoms with van der Waals surface area (Å²) in [6.07, 6.45) is 2.34. The van der Waals surface area contributed by atoms with Gasteiger partial charge in [0.25, 0.3) is 0 Å². The maximum absolute atomic E-state index is 11.6. The lowest BCUT2D eigenvalue weighted by Gasteiger charge is -2.07. The number of carbonyl (C=O) groups is 1. The topological polar surface area (TPSA) is 59.8 Å². The molecule has 0 saturated heterocycles. The fourth-order valence-electron chi connectivity index (χ4n) is 1.99. The zero-order valence-electron chi connectivity index (χ0n) is 11.2. The number of hydrogen-bond acceptors (Lipinski definition) is 5. The van der Waals surface area contributed by atoms with Crippen LogP contribution in [0.3, 0.4) is 0 Å². The molecule has 0 unspecified atom stereocenters. The van der Waals surface area contributed by atoms with Crippen LogP contribution in [0.15, 0.2) is 22.7 Å². The molecule has 3 rings (SSSR count). The van der Waals surface area contributed by atoms with Gasteiger partial charge in [-0.25, -0.2) is 0 Å². The van der Waals surface area contributed by atoms with Crippen molar-refractivity contribution in [3.8, 4) is 10.7 Å². The van der Waals surface area contributed by atoms with E-state index in [0.717, 1.165) is 15.9 Å². The zero-order valence-corrected chi connectivity index (χ0v) is 12.8. The van der Waals surface area contributed by atoms with E-state index in [1.165, 1.54) is 24.6 Å². The number of nitrogens with zero attached hydrogens (tertiary/aromatic N) is 3. The molecular weight excluding hydrogens is 292 g/mol. The Kier molecular flexibility index (Phi) is 4.07. The molecule has 2 aromatic heterocycles. The predicted octanol–water partition coefficient (Wildman–Crippen LogP) is 2.57. The predicted molar refractivity (Wildman–Crippen MR) is 81.0 cm³/mol. The number of thiophene rings is 1. The number of nitrogens with one attached hydrogen (secondary N) is 1. The Balaban J connectivity index is 1.79. The van der Waals surface area contributed by atoms with Crippen LogP contribution in [-0.2, 0) is 4.79 Å². The molecule has 0 radical (unpaired) electrons. The molecule has 1 amide bonds. The van der Waals surface area contributed by atoms with Crippen molar-refractivity contribution in [2.45, 2.75) is 31.0 Å². The molecule has 2 heterocycles. The number of amides is 1. The molecule has 1 aliphatic carbocycles. The lowest BCUT2D eigenvalue weighted by atomic mass is 10.4. The van der Waals surface area contributed by atoms with Crippen LogP contribution in [0.25, 0.3) is 10.7 Å². The average Bonchev–Trinajstić information content (AvgIpc) is 2.98. The van der Waals surface area contributed by atoms with Gasteiger partial charge in [0.05, 0.1) is 10.6 Å². The number of thioether (sulfide) groups is 1. The Morgan fingerprint density at radius 2 is 2.40 bits per heavy atom. The second-order valence-corrected chi connectivity index (χ2v) is 6.52. The SMILES string of the molecule is CCNC(=O)CSc1nnc(-c2cccs2)n1C1CC1. The molecule has 1 fully saturated rings. The minimum Gasteiger partial charge on any atom is -0.356 e. The molecule has 0 bridgehead atoms. The Labute approximate surface area is 125 Å². The van der Waals surface area contributed by atoms with Crippen molar-refractivity contribution in [3.63, 3.8) is 0 Å². The van der Waals surface area contributed by atoms with Gasteiger partial charge in [0.15, 0.2) is 11.0 Å². The molecule has 5 nitrogen and oxygen atoms in total. The Morgan fingerprint density at radius 3 is 3.05 bits per heavy atom. The molecule has 7 heteroatoms. The van der Waals surface area contributed by atoms with Crippen molar-refractivity contribution in [2.24, 2.45) is 0 Å². The van der Waals surface area contributed by atoms with Crippen LogP contribution in [0.4, 0.5) is 0 Å². The second-order valence-electron chi connectivity index (χ2n) is 4.63. The second kappa shape index (κ2) is 5.97. The number of aromatic nitrogens is 3. The first-order valence-corrected chi connectivity index (χ1v) is 8.54. The van der Waals surface area contributed by atoms with Crippen molar-refractivity contribution < 1.29 is 4.79 Å². The van der Waals surface area contributed by atoms with Crippen molar-refractivity contribution in [1.82, 2.24) is 20.1 Å². The van der Waals surface area contributed by atoms with Crippen LogP contribution in [-0.4, -0.2) is 33.0 Å². The third-order valence-corrected chi connectivity index (χ3v) is 4.83. The van der Waals surface area contributed by atoms with Crippen molar-refractivity contribution in [2.75, 3.05) is 12.3 Å². The quantitative estimate of drug-likeness (QED) is 0.833. The van der Waals surface area contributed by atoms with E-state index in [1.807, 2.05) is 18.4 Å². The minimum absolute atomic E-state index is 0.0421. The van der Waals surface area contributed by atoms with Crippen LogP contribution in [0, 0.1) is 0 Å². The van der Waals surface area contributed by atoms with Crippen LogP contribution in [0.5, 0.6) is 0 Å². The van der Waals surface area contributed by atoms with Crippen LogP contribution < -0.4 is 5.32 Å². The van der Waals surface area contributed by atoms with E-state index in [4.69, 9.17) is 0 Å². The first-order valence-electron chi connectivity index (χ1n) is 6.68. The first-order chi connectivity index (χ1) is 9.79. The fourth-order valence-corrected chi connectivity index (χ4v) is 3.53. The maximum atomic E-state index is 11.6. The van der Waals surface area contributed by atoms with Gasteiger partial charge in [0.2, 0.25) is 5.91 Å². The molecular formula is C13H16N4OS2. The Hall–Kier alpha value is -1.34. The standard InChI is InChI=1S/C13H16N4OS2/c1-2-14-11(18)8-20-13-16-15-12(10-4-3-7-19-10)17(13)9-5-6-9/h3-4,7,9H,2,5-6,8H2,1H3,(H,14,18). The number of hydrogen-bond donors (Lipinski definition) is 1. The lowest BCUT2D eigenvalue weighted by molar-refractivity contribution is -0.118. The van der Waals surface area contributed by atoms with E-state index in [2.05, 4.69) is 26.1 Å². The summed E-state index contributed by atoms with van der Waals surface area (Å²) in [6.45, 7) is 2.58. The van der Waals surface area contributed by atoms with Crippen molar-refractivity contribution >= 4 is 29.0 Å². The maximum Gasteiger partial charge on any atom is 0.230 e. The van der Waals surface area contributed by atoms with Gasteiger partial charge < -0.3 is 5.32 Å². The van der Waals surface area contributed by atoms with Gasteiger partial charge in [-0.1, -0.05) is 17.8 Å². The van der Waals surface area contributed by atoms with Crippen LogP contribution in [0.2, 0.25) is 0 Å². The summed E-state index contributed by atoms with van der Waals surface area (Å²) in [4.78, 5) is 12.7. The van der Waals surface area contributed by atoms with Gasteiger partial charge in [-0.2, -0.15) is 0 Å².